The molecule has 0 aliphatic carbocycles. The number of aromatic nitrogens is 2. The molecule has 0 unspecified atom stereocenters. The van der Waals surface area contributed by atoms with Crippen LogP contribution in [0.5, 0.6) is 0 Å². The molecule has 0 bridgehead atoms. The second kappa shape index (κ2) is 5.26. The number of benzene rings is 2. The number of imidazole rings is 1. The summed E-state index contributed by atoms with van der Waals surface area (Å²) >= 11 is 0. The maximum atomic E-state index is 13.1. The minimum atomic E-state index is -4.49. The summed E-state index contributed by atoms with van der Waals surface area (Å²) in [7, 11) is 0. The number of fused-ring (bicyclic) bond motifs is 1. The van der Waals surface area contributed by atoms with Gasteiger partial charge < -0.3 is 10.3 Å². The van der Waals surface area contributed by atoms with E-state index in [9.17, 15) is 17.6 Å². The maximum absolute atomic E-state index is 13.1. The van der Waals surface area contributed by atoms with Crippen molar-refractivity contribution in [3.05, 3.63) is 47.8 Å². The molecule has 2 aromatic carbocycles. The van der Waals surface area contributed by atoms with Gasteiger partial charge in [-0.05, 0) is 43.3 Å². The van der Waals surface area contributed by atoms with Gasteiger partial charge in [-0.2, -0.15) is 13.2 Å². The van der Waals surface area contributed by atoms with Crippen molar-refractivity contribution in [2.24, 2.45) is 0 Å². The SMILES string of the molecule is CCn1c(-c2ccc(F)cc2)nc2cc(C(F)(F)F)cc(N)c21. The molecule has 0 spiro atoms. The highest BCUT2D eigenvalue weighted by atomic mass is 19.4. The van der Waals surface area contributed by atoms with Crippen molar-refractivity contribution in [2.75, 3.05) is 5.73 Å². The topological polar surface area (TPSA) is 43.8 Å². The van der Waals surface area contributed by atoms with E-state index >= 15 is 0 Å². The van der Waals surface area contributed by atoms with E-state index in [0.717, 1.165) is 12.1 Å². The maximum Gasteiger partial charge on any atom is 0.416 e. The van der Waals surface area contributed by atoms with Gasteiger partial charge >= 0.3 is 6.18 Å². The zero-order valence-corrected chi connectivity index (χ0v) is 12.2. The summed E-state index contributed by atoms with van der Waals surface area (Å²) in [6, 6.07) is 7.50. The van der Waals surface area contributed by atoms with E-state index in [2.05, 4.69) is 4.98 Å². The van der Waals surface area contributed by atoms with Gasteiger partial charge in [0.15, 0.2) is 0 Å². The second-order valence-corrected chi connectivity index (χ2v) is 5.12. The minimum absolute atomic E-state index is 0.0116. The average molecular weight is 323 g/mol. The van der Waals surface area contributed by atoms with E-state index in [1.807, 2.05) is 6.92 Å². The minimum Gasteiger partial charge on any atom is -0.397 e. The third-order valence-corrected chi connectivity index (χ3v) is 3.62. The molecule has 3 rings (SSSR count). The molecule has 0 fully saturated rings. The molecule has 1 heterocycles. The summed E-state index contributed by atoms with van der Waals surface area (Å²) in [6.07, 6.45) is -4.49. The van der Waals surface area contributed by atoms with E-state index in [4.69, 9.17) is 5.73 Å². The Hall–Kier alpha value is -2.57. The second-order valence-electron chi connectivity index (χ2n) is 5.12. The predicted octanol–water partition coefficient (Wildman–Crippen LogP) is 4.46. The molecule has 0 amide bonds. The van der Waals surface area contributed by atoms with Crippen LogP contribution in [0, 0.1) is 5.82 Å². The van der Waals surface area contributed by atoms with Gasteiger partial charge in [0.05, 0.1) is 22.3 Å². The van der Waals surface area contributed by atoms with Gasteiger partial charge in [0.1, 0.15) is 11.6 Å². The molecule has 3 aromatic rings. The van der Waals surface area contributed by atoms with Crippen LogP contribution in [0.25, 0.3) is 22.4 Å². The Labute approximate surface area is 129 Å². The van der Waals surface area contributed by atoms with Crippen LogP contribution >= 0.6 is 0 Å². The Bertz CT molecular complexity index is 864. The number of alkyl halides is 3. The Morgan fingerprint density at radius 1 is 1.13 bits per heavy atom. The van der Waals surface area contributed by atoms with Crippen LogP contribution in [0.4, 0.5) is 23.2 Å². The first-order chi connectivity index (χ1) is 10.8. The van der Waals surface area contributed by atoms with Crippen LogP contribution in [-0.4, -0.2) is 9.55 Å². The predicted molar refractivity (Wildman–Crippen MR) is 80.2 cm³/mol. The molecule has 7 heteroatoms. The molecule has 2 N–H and O–H groups in total. The fourth-order valence-corrected chi connectivity index (χ4v) is 2.59. The fourth-order valence-electron chi connectivity index (χ4n) is 2.59. The van der Waals surface area contributed by atoms with E-state index < -0.39 is 17.6 Å². The summed E-state index contributed by atoms with van der Waals surface area (Å²) in [5.41, 5.74) is 6.22. The number of hydrogen-bond donors (Lipinski definition) is 1. The number of aryl methyl sites for hydroxylation is 1. The van der Waals surface area contributed by atoms with E-state index in [1.165, 1.54) is 24.3 Å². The Balaban J connectivity index is 2.28. The Morgan fingerprint density at radius 3 is 2.35 bits per heavy atom. The quantitative estimate of drug-likeness (QED) is 0.559. The summed E-state index contributed by atoms with van der Waals surface area (Å²) < 4.78 is 53.5. The fraction of sp³-hybridized carbons (Fsp3) is 0.188. The Morgan fingerprint density at radius 2 is 1.78 bits per heavy atom. The third-order valence-electron chi connectivity index (χ3n) is 3.62. The van der Waals surface area contributed by atoms with Crippen molar-refractivity contribution in [3.8, 4) is 11.4 Å². The number of halogens is 4. The molecular weight excluding hydrogens is 310 g/mol. The van der Waals surface area contributed by atoms with Crippen LogP contribution in [0.3, 0.4) is 0 Å². The van der Waals surface area contributed by atoms with Crippen LogP contribution in [0.2, 0.25) is 0 Å². The van der Waals surface area contributed by atoms with Gasteiger partial charge in [-0.3, -0.25) is 0 Å². The number of nitrogens with two attached hydrogens (primary N) is 1. The van der Waals surface area contributed by atoms with Crippen molar-refractivity contribution in [1.29, 1.82) is 0 Å². The van der Waals surface area contributed by atoms with Crippen molar-refractivity contribution in [2.45, 2.75) is 19.6 Å². The molecule has 0 saturated carbocycles. The third kappa shape index (κ3) is 2.62. The molecule has 120 valence electrons. The summed E-state index contributed by atoms with van der Waals surface area (Å²) in [6.45, 7) is 2.31. The first-order valence-corrected chi connectivity index (χ1v) is 6.94. The molecule has 0 saturated heterocycles. The highest BCUT2D eigenvalue weighted by molar-refractivity contribution is 5.91. The number of rotatable bonds is 2. The molecule has 23 heavy (non-hydrogen) atoms. The van der Waals surface area contributed by atoms with Crippen molar-refractivity contribution < 1.29 is 17.6 Å². The lowest BCUT2D eigenvalue weighted by molar-refractivity contribution is -0.137. The molecule has 0 aliphatic heterocycles. The largest absolute Gasteiger partial charge is 0.416 e. The first-order valence-electron chi connectivity index (χ1n) is 6.94. The molecule has 0 atom stereocenters. The lowest BCUT2D eigenvalue weighted by Gasteiger charge is -2.10. The number of nitrogen functional groups attached to an aromatic ring is 1. The zero-order chi connectivity index (χ0) is 16.8. The summed E-state index contributed by atoms with van der Waals surface area (Å²) in [4.78, 5) is 4.28. The number of hydrogen-bond acceptors (Lipinski definition) is 2. The summed E-state index contributed by atoms with van der Waals surface area (Å²) in [5.74, 6) is 0.0558. The lowest BCUT2D eigenvalue weighted by atomic mass is 10.1. The van der Waals surface area contributed by atoms with Gasteiger partial charge in [-0.1, -0.05) is 0 Å². The normalized spacial score (nSPS) is 12.0. The highest BCUT2D eigenvalue weighted by Gasteiger charge is 2.32. The Kier molecular flexibility index (Phi) is 3.50. The molecule has 0 aliphatic rings. The smallest absolute Gasteiger partial charge is 0.397 e. The van der Waals surface area contributed by atoms with Gasteiger partial charge in [0.25, 0.3) is 0 Å². The van der Waals surface area contributed by atoms with Gasteiger partial charge in [-0.15, -0.1) is 0 Å². The van der Waals surface area contributed by atoms with E-state index in [-0.39, 0.29) is 11.2 Å². The van der Waals surface area contributed by atoms with Crippen LogP contribution < -0.4 is 5.73 Å². The van der Waals surface area contributed by atoms with Crippen LogP contribution in [0.15, 0.2) is 36.4 Å². The monoisotopic (exact) mass is 323 g/mol. The number of anilines is 1. The van der Waals surface area contributed by atoms with Crippen LogP contribution in [-0.2, 0) is 12.7 Å². The molecule has 3 nitrogen and oxygen atoms in total. The van der Waals surface area contributed by atoms with Crippen molar-refractivity contribution in [3.63, 3.8) is 0 Å². The van der Waals surface area contributed by atoms with Crippen molar-refractivity contribution >= 4 is 16.7 Å². The van der Waals surface area contributed by atoms with Gasteiger partial charge in [-0.25, -0.2) is 9.37 Å². The highest BCUT2D eigenvalue weighted by Crippen LogP contribution is 2.36. The van der Waals surface area contributed by atoms with Gasteiger partial charge in [0.2, 0.25) is 0 Å². The molecule has 0 radical (unpaired) electrons. The number of nitrogens with zero attached hydrogens (tertiary/aromatic N) is 2. The van der Waals surface area contributed by atoms with Crippen LogP contribution in [0.1, 0.15) is 12.5 Å². The summed E-state index contributed by atoms with van der Waals surface area (Å²) in [5, 5.41) is 0. The standard InChI is InChI=1S/C16H13F4N3/c1-2-23-14-12(21)7-10(16(18,19)20)8-13(14)22-15(23)9-3-5-11(17)6-4-9/h3-8H,2,21H2,1H3. The van der Waals surface area contributed by atoms with E-state index in [0.29, 0.717) is 23.4 Å². The average Bonchev–Trinajstić information content (AvgIpc) is 2.86. The lowest BCUT2D eigenvalue weighted by Crippen LogP contribution is -2.06. The van der Waals surface area contributed by atoms with Gasteiger partial charge in [0, 0.05) is 12.1 Å². The van der Waals surface area contributed by atoms with E-state index in [1.54, 1.807) is 4.57 Å². The molecular formula is C16H13F4N3. The first kappa shape index (κ1) is 15.3. The zero-order valence-electron chi connectivity index (χ0n) is 12.2. The van der Waals surface area contributed by atoms with Crippen molar-refractivity contribution in [1.82, 2.24) is 9.55 Å². The molecule has 1 aromatic heterocycles.